The van der Waals surface area contributed by atoms with Crippen LogP contribution in [0, 0.1) is 5.92 Å². The molecule has 164 valence electrons. The third kappa shape index (κ3) is 8.96. The summed E-state index contributed by atoms with van der Waals surface area (Å²) in [5.41, 5.74) is 1.25. The number of morpholine rings is 1. The van der Waals surface area contributed by atoms with E-state index in [2.05, 4.69) is 32.7 Å². The summed E-state index contributed by atoms with van der Waals surface area (Å²) in [4.78, 5) is 6.82. The Kier molecular flexibility index (Phi) is 11.6. The first-order valence-corrected chi connectivity index (χ1v) is 10.7. The Labute approximate surface area is 196 Å². The molecule has 3 rings (SSSR count). The molecular formula is C21H34ClIN4O2. The van der Waals surface area contributed by atoms with Crippen molar-refractivity contribution in [1.82, 2.24) is 15.5 Å². The van der Waals surface area contributed by atoms with Gasteiger partial charge in [-0.3, -0.25) is 9.89 Å². The van der Waals surface area contributed by atoms with Crippen molar-refractivity contribution in [1.29, 1.82) is 0 Å². The zero-order valence-corrected chi connectivity index (χ0v) is 20.3. The van der Waals surface area contributed by atoms with Crippen LogP contribution in [0.1, 0.15) is 30.9 Å². The third-order valence-corrected chi connectivity index (χ3v) is 5.49. The molecule has 1 aromatic carbocycles. The highest BCUT2D eigenvalue weighted by Gasteiger charge is 2.23. The number of rotatable bonds is 10. The van der Waals surface area contributed by atoms with Crippen LogP contribution in [-0.4, -0.2) is 70.5 Å². The van der Waals surface area contributed by atoms with Crippen molar-refractivity contribution in [3.05, 3.63) is 34.9 Å². The van der Waals surface area contributed by atoms with Crippen molar-refractivity contribution in [3.63, 3.8) is 0 Å². The highest BCUT2D eigenvalue weighted by molar-refractivity contribution is 14.0. The normalized spacial score (nSPS) is 18.8. The molecule has 0 radical (unpaired) electrons. The van der Waals surface area contributed by atoms with Gasteiger partial charge in [0, 0.05) is 51.5 Å². The van der Waals surface area contributed by atoms with Gasteiger partial charge in [-0.25, -0.2) is 0 Å². The second kappa shape index (κ2) is 13.6. The van der Waals surface area contributed by atoms with Gasteiger partial charge in [0.1, 0.15) is 0 Å². The van der Waals surface area contributed by atoms with Gasteiger partial charge >= 0.3 is 0 Å². The number of hydrogen-bond acceptors (Lipinski definition) is 4. The lowest BCUT2D eigenvalue weighted by Crippen LogP contribution is -2.46. The molecular weight excluding hydrogens is 503 g/mol. The van der Waals surface area contributed by atoms with Crippen LogP contribution >= 0.6 is 35.6 Å². The Hall–Kier alpha value is -0.610. The minimum absolute atomic E-state index is 0. The van der Waals surface area contributed by atoms with E-state index in [9.17, 15) is 0 Å². The summed E-state index contributed by atoms with van der Waals surface area (Å²) in [7, 11) is 1.81. The van der Waals surface area contributed by atoms with Crippen molar-refractivity contribution in [3.8, 4) is 0 Å². The first-order valence-electron chi connectivity index (χ1n) is 10.4. The van der Waals surface area contributed by atoms with E-state index >= 15 is 0 Å². The van der Waals surface area contributed by atoms with Crippen molar-refractivity contribution in [2.45, 2.75) is 25.3 Å². The maximum atomic E-state index is 6.08. The lowest BCUT2D eigenvalue weighted by atomic mass is 10.0. The number of guanidine groups is 1. The molecule has 1 aliphatic carbocycles. The van der Waals surface area contributed by atoms with Gasteiger partial charge in [-0.05, 0) is 42.9 Å². The lowest BCUT2D eigenvalue weighted by Gasteiger charge is -2.35. The molecule has 2 aliphatic rings. The topological polar surface area (TPSA) is 58.1 Å². The maximum absolute atomic E-state index is 6.08. The fourth-order valence-corrected chi connectivity index (χ4v) is 3.49. The van der Waals surface area contributed by atoms with E-state index in [0.29, 0.717) is 0 Å². The second-order valence-electron chi connectivity index (χ2n) is 7.47. The van der Waals surface area contributed by atoms with E-state index in [1.54, 1.807) is 0 Å². The molecule has 0 bridgehead atoms. The van der Waals surface area contributed by atoms with Crippen LogP contribution in [0.3, 0.4) is 0 Å². The number of halogens is 2. The van der Waals surface area contributed by atoms with Gasteiger partial charge in [-0.15, -0.1) is 24.0 Å². The highest BCUT2D eigenvalue weighted by Crippen LogP contribution is 2.28. The molecule has 1 saturated heterocycles. The number of nitrogens with zero attached hydrogens (tertiary/aromatic N) is 2. The predicted octanol–water partition coefficient (Wildman–Crippen LogP) is 3.31. The molecule has 1 saturated carbocycles. The summed E-state index contributed by atoms with van der Waals surface area (Å²) in [6, 6.07) is 8.38. The first-order chi connectivity index (χ1) is 13.8. The van der Waals surface area contributed by atoms with E-state index in [0.717, 1.165) is 75.9 Å². The van der Waals surface area contributed by atoms with Gasteiger partial charge in [0.15, 0.2) is 5.96 Å². The van der Waals surface area contributed by atoms with Crippen molar-refractivity contribution >= 4 is 41.5 Å². The minimum atomic E-state index is 0. The smallest absolute Gasteiger partial charge is 0.191 e. The molecule has 0 amide bonds. The fraction of sp³-hybridized carbons (Fsp3) is 0.667. The van der Waals surface area contributed by atoms with E-state index in [1.807, 2.05) is 19.2 Å². The molecule has 1 aromatic rings. The molecule has 1 unspecified atom stereocenters. The molecule has 8 heteroatoms. The zero-order chi connectivity index (χ0) is 19.6. The highest BCUT2D eigenvalue weighted by atomic mass is 127. The summed E-state index contributed by atoms with van der Waals surface area (Å²) in [6.07, 6.45) is 3.66. The van der Waals surface area contributed by atoms with Crippen molar-refractivity contribution in [2.75, 3.05) is 59.7 Å². The average Bonchev–Trinajstić information content (AvgIpc) is 3.55. The number of ether oxygens (including phenoxy) is 2. The van der Waals surface area contributed by atoms with Gasteiger partial charge in [-0.1, -0.05) is 23.7 Å². The minimum Gasteiger partial charge on any atom is -0.381 e. The SMILES string of the molecule is CN=C(NCCCOCC1CC1)NCC(c1ccc(Cl)cc1)N1CCOCC1.I. The van der Waals surface area contributed by atoms with Crippen LogP contribution in [0.2, 0.25) is 5.02 Å². The predicted molar refractivity (Wildman–Crippen MR) is 130 cm³/mol. The number of hydrogen-bond donors (Lipinski definition) is 2. The van der Waals surface area contributed by atoms with E-state index in [1.165, 1.54) is 18.4 Å². The Bertz CT molecular complexity index is 607. The van der Waals surface area contributed by atoms with Crippen LogP contribution < -0.4 is 10.6 Å². The third-order valence-electron chi connectivity index (χ3n) is 5.24. The van der Waals surface area contributed by atoms with Crippen molar-refractivity contribution in [2.24, 2.45) is 10.9 Å². The maximum Gasteiger partial charge on any atom is 0.191 e. The largest absolute Gasteiger partial charge is 0.381 e. The van der Waals surface area contributed by atoms with E-state index in [-0.39, 0.29) is 30.0 Å². The summed E-state index contributed by atoms with van der Waals surface area (Å²) in [5, 5.41) is 7.63. The van der Waals surface area contributed by atoms with Gasteiger partial charge in [0.2, 0.25) is 0 Å². The van der Waals surface area contributed by atoms with Gasteiger partial charge < -0.3 is 20.1 Å². The molecule has 1 aliphatic heterocycles. The van der Waals surface area contributed by atoms with E-state index < -0.39 is 0 Å². The number of benzene rings is 1. The molecule has 2 fully saturated rings. The first kappa shape index (κ1) is 24.7. The summed E-state index contributed by atoms with van der Waals surface area (Å²) >= 11 is 6.08. The number of aliphatic imine (C=N–C) groups is 1. The van der Waals surface area contributed by atoms with Crippen LogP contribution in [-0.2, 0) is 9.47 Å². The molecule has 1 atom stereocenters. The van der Waals surface area contributed by atoms with Crippen molar-refractivity contribution < 1.29 is 9.47 Å². The standard InChI is InChI=1S/C21H33ClN4O2.HI/c1-23-21(24-9-2-12-28-16-17-3-4-17)25-15-20(26-10-13-27-14-11-26)18-5-7-19(22)8-6-18;/h5-8,17,20H,2-4,9-16H2,1H3,(H2,23,24,25);1H. The lowest BCUT2D eigenvalue weighted by molar-refractivity contribution is 0.0170. The molecule has 0 spiro atoms. The van der Waals surface area contributed by atoms with Gasteiger partial charge in [0.25, 0.3) is 0 Å². The monoisotopic (exact) mass is 536 g/mol. The molecule has 1 heterocycles. The quantitative estimate of drug-likeness (QED) is 0.208. The molecule has 29 heavy (non-hydrogen) atoms. The van der Waals surface area contributed by atoms with Crippen LogP contribution in [0.15, 0.2) is 29.3 Å². The Morgan fingerprint density at radius 3 is 2.62 bits per heavy atom. The van der Waals surface area contributed by atoms with Gasteiger partial charge in [-0.2, -0.15) is 0 Å². The second-order valence-corrected chi connectivity index (χ2v) is 7.90. The Morgan fingerprint density at radius 2 is 1.97 bits per heavy atom. The average molecular weight is 537 g/mol. The number of nitrogens with one attached hydrogen (secondary N) is 2. The van der Waals surface area contributed by atoms with Crippen LogP contribution in [0.5, 0.6) is 0 Å². The Balaban J connectivity index is 0.00000300. The molecule has 0 aromatic heterocycles. The van der Waals surface area contributed by atoms with Crippen LogP contribution in [0.4, 0.5) is 0 Å². The summed E-state index contributed by atoms with van der Waals surface area (Å²) in [6.45, 7) is 6.78. The van der Waals surface area contributed by atoms with Crippen LogP contribution in [0.25, 0.3) is 0 Å². The Morgan fingerprint density at radius 1 is 1.24 bits per heavy atom. The molecule has 6 nitrogen and oxygen atoms in total. The molecule has 2 N–H and O–H groups in total. The fourth-order valence-electron chi connectivity index (χ4n) is 3.36. The summed E-state index contributed by atoms with van der Waals surface area (Å²) < 4.78 is 11.2. The summed E-state index contributed by atoms with van der Waals surface area (Å²) in [5.74, 6) is 1.65. The van der Waals surface area contributed by atoms with E-state index in [4.69, 9.17) is 21.1 Å². The van der Waals surface area contributed by atoms with Gasteiger partial charge in [0.05, 0.1) is 19.3 Å². The zero-order valence-electron chi connectivity index (χ0n) is 17.2.